The van der Waals surface area contributed by atoms with E-state index in [9.17, 15) is 0 Å². The summed E-state index contributed by atoms with van der Waals surface area (Å²) in [5, 5.41) is 0. The zero-order valence-corrected chi connectivity index (χ0v) is 13.5. The summed E-state index contributed by atoms with van der Waals surface area (Å²) in [6.07, 6.45) is 11.4. The second kappa shape index (κ2) is 4.23. The third-order valence-electron chi connectivity index (χ3n) is 6.79. The fraction of sp³-hybridized carbons (Fsp3) is 1.00. The summed E-state index contributed by atoms with van der Waals surface area (Å²) in [5.41, 5.74) is 8.42. The van der Waals surface area contributed by atoms with Gasteiger partial charge in [0.1, 0.15) is 0 Å². The lowest BCUT2D eigenvalue weighted by atomic mass is 9.39. The van der Waals surface area contributed by atoms with Crippen molar-refractivity contribution in [1.29, 1.82) is 0 Å². The third-order valence-corrected chi connectivity index (χ3v) is 6.79. The first-order chi connectivity index (χ1) is 8.77. The van der Waals surface area contributed by atoms with E-state index in [4.69, 9.17) is 5.73 Å². The van der Waals surface area contributed by atoms with E-state index >= 15 is 0 Å². The molecule has 1 heteroatoms. The quantitative estimate of drug-likeness (QED) is 0.778. The van der Waals surface area contributed by atoms with Crippen LogP contribution in [0.1, 0.15) is 79.1 Å². The number of rotatable bonds is 4. The molecule has 0 aliphatic heterocycles. The molecule has 4 saturated carbocycles. The zero-order chi connectivity index (χ0) is 13.9. The molecule has 4 aliphatic carbocycles. The average Bonchev–Trinajstić information content (AvgIpc) is 2.21. The molecule has 4 bridgehead atoms. The summed E-state index contributed by atoms with van der Waals surface area (Å²) in [4.78, 5) is 0. The van der Waals surface area contributed by atoms with Gasteiger partial charge in [-0.25, -0.2) is 0 Å². The zero-order valence-electron chi connectivity index (χ0n) is 13.5. The minimum Gasteiger partial charge on any atom is -0.327 e. The van der Waals surface area contributed by atoms with Crippen LogP contribution >= 0.6 is 0 Å². The van der Waals surface area contributed by atoms with Crippen LogP contribution in [0.4, 0.5) is 0 Å². The molecule has 2 N–H and O–H groups in total. The highest BCUT2D eigenvalue weighted by molar-refractivity contribution is 5.11. The minimum absolute atomic E-state index is 0.424. The molecule has 0 spiro atoms. The summed E-state index contributed by atoms with van der Waals surface area (Å²) >= 11 is 0. The summed E-state index contributed by atoms with van der Waals surface area (Å²) in [6.45, 7) is 9.76. The molecular weight excluding hydrogens is 230 g/mol. The van der Waals surface area contributed by atoms with Gasteiger partial charge in [-0.15, -0.1) is 0 Å². The van der Waals surface area contributed by atoms with Gasteiger partial charge in [-0.3, -0.25) is 0 Å². The highest BCUT2D eigenvalue weighted by atomic mass is 14.7. The van der Waals surface area contributed by atoms with Crippen LogP contribution < -0.4 is 5.73 Å². The minimum atomic E-state index is 0.424. The Balaban J connectivity index is 1.81. The Labute approximate surface area is 119 Å². The fourth-order valence-corrected chi connectivity index (χ4v) is 6.92. The van der Waals surface area contributed by atoms with E-state index in [0.717, 1.165) is 5.92 Å². The molecular formula is C18H33N. The highest BCUT2D eigenvalue weighted by Gasteiger charge is 2.60. The van der Waals surface area contributed by atoms with Crippen LogP contribution in [0, 0.1) is 28.1 Å². The van der Waals surface area contributed by atoms with Crippen molar-refractivity contribution in [3.8, 4) is 0 Å². The van der Waals surface area contributed by atoms with Crippen LogP contribution in [-0.4, -0.2) is 6.04 Å². The fourth-order valence-electron chi connectivity index (χ4n) is 6.92. The molecule has 0 radical (unpaired) electrons. The molecule has 0 aromatic rings. The summed E-state index contributed by atoms with van der Waals surface area (Å²) < 4.78 is 0. The smallest absolute Gasteiger partial charge is 0.00697 e. The summed E-state index contributed by atoms with van der Waals surface area (Å²) in [7, 11) is 0. The van der Waals surface area contributed by atoms with Crippen LogP contribution in [0.5, 0.6) is 0 Å². The van der Waals surface area contributed by atoms with E-state index in [1.54, 1.807) is 0 Å². The van der Waals surface area contributed by atoms with Crippen LogP contribution in [-0.2, 0) is 0 Å². The van der Waals surface area contributed by atoms with E-state index in [-0.39, 0.29) is 0 Å². The van der Waals surface area contributed by atoms with Crippen molar-refractivity contribution in [2.45, 2.75) is 85.1 Å². The van der Waals surface area contributed by atoms with Gasteiger partial charge in [0, 0.05) is 6.04 Å². The predicted octanol–water partition coefficient (Wildman–Crippen LogP) is 4.75. The van der Waals surface area contributed by atoms with E-state index in [0.29, 0.717) is 28.2 Å². The van der Waals surface area contributed by atoms with Gasteiger partial charge in [-0.05, 0) is 73.0 Å². The molecule has 0 amide bonds. The second-order valence-corrected chi connectivity index (χ2v) is 9.38. The Hall–Kier alpha value is -0.0400. The summed E-state index contributed by atoms with van der Waals surface area (Å²) in [5.74, 6) is 1.70. The van der Waals surface area contributed by atoms with Crippen molar-refractivity contribution in [3.05, 3.63) is 0 Å². The Morgan fingerprint density at radius 1 is 1.05 bits per heavy atom. The van der Waals surface area contributed by atoms with Gasteiger partial charge < -0.3 is 5.73 Å². The van der Waals surface area contributed by atoms with E-state index in [1.165, 1.54) is 51.4 Å². The molecule has 0 heterocycles. The molecule has 0 aromatic carbocycles. The van der Waals surface area contributed by atoms with Crippen molar-refractivity contribution < 1.29 is 0 Å². The van der Waals surface area contributed by atoms with Gasteiger partial charge in [-0.1, -0.05) is 34.1 Å². The maximum Gasteiger partial charge on any atom is 0.00697 e. The van der Waals surface area contributed by atoms with Crippen molar-refractivity contribution in [1.82, 2.24) is 0 Å². The molecule has 4 rings (SSSR count). The van der Waals surface area contributed by atoms with E-state index in [1.807, 2.05) is 0 Å². The Kier molecular flexibility index (Phi) is 3.10. The van der Waals surface area contributed by atoms with Crippen LogP contribution in [0.2, 0.25) is 0 Å². The molecule has 4 atom stereocenters. The number of hydrogen-bond donors (Lipinski definition) is 1. The lowest BCUT2D eigenvalue weighted by Crippen LogP contribution is -2.56. The maximum absolute atomic E-state index is 6.54. The standard InChI is InChI=1S/C18H33N/c1-5-13(2)15(19)9-18-8-14-6-16(3,11-18)10-17(4,7-14)12-18/h13-15H,5-12,19H2,1-4H3. The molecule has 0 aromatic heterocycles. The first-order valence-corrected chi connectivity index (χ1v) is 8.53. The lowest BCUT2D eigenvalue weighted by Gasteiger charge is -2.66. The molecule has 19 heavy (non-hydrogen) atoms. The van der Waals surface area contributed by atoms with Crippen molar-refractivity contribution in [2.24, 2.45) is 33.8 Å². The molecule has 1 nitrogen and oxygen atoms in total. The Morgan fingerprint density at radius 3 is 2.11 bits per heavy atom. The number of hydrogen-bond acceptors (Lipinski definition) is 1. The molecule has 0 saturated heterocycles. The lowest BCUT2D eigenvalue weighted by molar-refractivity contribution is -0.150. The topological polar surface area (TPSA) is 26.0 Å². The maximum atomic E-state index is 6.54. The van der Waals surface area contributed by atoms with Crippen molar-refractivity contribution >= 4 is 0 Å². The number of nitrogens with two attached hydrogens (primary N) is 1. The van der Waals surface area contributed by atoms with Gasteiger partial charge >= 0.3 is 0 Å². The molecule has 4 unspecified atom stereocenters. The summed E-state index contributed by atoms with van der Waals surface area (Å²) in [6, 6.07) is 0.424. The SMILES string of the molecule is CCC(C)C(N)CC12CC3CC(C)(CC(C)(C3)C1)C2. The van der Waals surface area contributed by atoms with Gasteiger partial charge in [-0.2, -0.15) is 0 Å². The van der Waals surface area contributed by atoms with E-state index in [2.05, 4.69) is 27.7 Å². The predicted molar refractivity (Wildman–Crippen MR) is 81.9 cm³/mol. The van der Waals surface area contributed by atoms with Crippen LogP contribution in [0.25, 0.3) is 0 Å². The third kappa shape index (κ3) is 2.37. The largest absolute Gasteiger partial charge is 0.327 e. The first kappa shape index (κ1) is 13.9. The second-order valence-electron chi connectivity index (χ2n) is 9.38. The van der Waals surface area contributed by atoms with Crippen LogP contribution in [0.3, 0.4) is 0 Å². The van der Waals surface area contributed by atoms with Gasteiger partial charge in [0.2, 0.25) is 0 Å². The Morgan fingerprint density at radius 2 is 1.63 bits per heavy atom. The van der Waals surface area contributed by atoms with Crippen LogP contribution in [0.15, 0.2) is 0 Å². The highest BCUT2D eigenvalue weighted by Crippen LogP contribution is 2.70. The molecule has 110 valence electrons. The molecule has 4 aliphatic rings. The van der Waals surface area contributed by atoms with E-state index < -0.39 is 0 Å². The monoisotopic (exact) mass is 263 g/mol. The van der Waals surface area contributed by atoms with Crippen molar-refractivity contribution in [3.63, 3.8) is 0 Å². The van der Waals surface area contributed by atoms with Gasteiger partial charge in [0.25, 0.3) is 0 Å². The van der Waals surface area contributed by atoms with Gasteiger partial charge in [0.15, 0.2) is 0 Å². The normalized spacial score (nSPS) is 51.3. The van der Waals surface area contributed by atoms with Crippen molar-refractivity contribution in [2.75, 3.05) is 0 Å². The Bertz CT molecular complexity index is 343. The molecule has 4 fully saturated rings. The van der Waals surface area contributed by atoms with Gasteiger partial charge in [0.05, 0.1) is 0 Å². The average molecular weight is 263 g/mol. The first-order valence-electron chi connectivity index (χ1n) is 8.53.